The predicted molar refractivity (Wildman–Crippen MR) is 61.4 cm³/mol. The normalized spacial score (nSPS) is 24.5. The monoisotopic (exact) mass is 206 g/mol. The molecule has 0 aromatic heterocycles. The molecule has 2 aliphatic carbocycles. The summed E-state index contributed by atoms with van der Waals surface area (Å²) in [5.41, 5.74) is 0. The highest BCUT2D eigenvalue weighted by Gasteiger charge is 2.29. The second-order valence-corrected chi connectivity index (χ2v) is 5.06. The van der Waals surface area contributed by atoms with Gasteiger partial charge in [0, 0.05) is 12.1 Å². The fraction of sp³-hybridized carbons (Fsp3) is 0.923. The molecule has 0 aliphatic heterocycles. The topological polar surface area (TPSA) is 27.0 Å². The highest BCUT2D eigenvalue weighted by Crippen LogP contribution is 2.30. The lowest BCUT2D eigenvalue weighted by atomic mass is 9.93. The smallest absolute Gasteiger partial charge is 0.0870 e. The van der Waals surface area contributed by atoms with E-state index in [1.807, 2.05) is 0 Å². The quantitative estimate of drug-likeness (QED) is 0.663. The largest absolute Gasteiger partial charge is 0.285 e. The molecule has 0 atom stereocenters. The Morgan fingerprint density at radius 3 is 1.80 bits per heavy atom. The van der Waals surface area contributed by atoms with Gasteiger partial charge in [-0.1, -0.05) is 32.1 Å². The van der Waals surface area contributed by atoms with E-state index in [-0.39, 0.29) is 0 Å². The Bertz CT molecular complexity index is 219. The molecule has 2 heteroatoms. The van der Waals surface area contributed by atoms with Gasteiger partial charge in [0.05, 0.1) is 12.6 Å². The van der Waals surface area contributed by atoms with Crippen LogP contribution in [0.1, 0.15) is 57.8 Å². The van der Waals surface area contributed by atoms with Crippen molar-refractivity contribution in [2.45, 2.75) is 69.9 Å². The lowest BCUT2D eigenvalue weighted by Gasteiger charge is -2.36. The van der Waals surface area contributed by atoms with Gasteiger partial charge in [-0.2, -0.15) is 5.26 Å². The molecule has 0 radical (unpaired) electrons. The average Bonchev–Trinajstić information content (AvgIpc) is 2.80. The van der Waals surface area contributed by atoms with E-state index >= 15 is 0 Å². The van der Waals surface area contributed by atoms with Gasteiger partial charge in [0.25, 0.3) is 0 Å². The van der Waals surface area contributed by atoms with E-state index in [1.165, 1.54) is 57.8 Å². The van der Waals surface area contributed by atoms with Crippen LogP contribution in [-0.2, 0) is 0 Å². The zero-order valence-electron chi connectivity index (χ0n) is 9.62. The third-order valence-electron chi connectivity index (χ3n) is 4.09. The number of rotatable bonds is 3. The van der Waals surface area contributed by atoms with Crippen molar-refractivity contribution in [3.63, 3.8) is 0 Å². The lowest BCUT2D eigenvalue weighted by molar-refractivity contribution is 0.122. The predicted octanol–water partition coefficient (Wildman–Crippen LogP) is 3.09. The molecule has 0 heterocycles. The first-order valence-corrected chi connectivity index (χ1v) is 6.54. The molecular weight excluding hydrogens is 184 g/mol. The molecule has 0 N–H and O–H groups in total. The van der Waals surface area contributed by atoms with Crippen LogP contribution in [0.2, 0.25) is 0 Å². The zero-order chi connectivity index (χ0) is 10.5. The van der Waals surface area contributed by atoms with Crippen molar-refractivity contribution in [1.82, 2.24) is 4.90 Å². The summed E-state index contributed by atoms with van der Waals surface area (Å²) in [4.78, 5) is 2.52. The van der Waals surface area contributed by atoms with Crippen LogP contribution >= 0.6 is 0 Å². The van der Waals surface area contributed by atoms with Gasteiger partial charge in [0.15, 0.2) is 0 Å². The lowest BCUT2D eigenvalue weighted by Crippen LogP contribution is -2.43. The number of nitriles is 1. The molecule has 0 saturated heterocycles. The maximum Gasteiger partial charge on any atom is 0.0870 e. The van der Waals surface area contributed by atoms with Gasteiger partial charge in [0.1, 0.15) is 0 Å². The Morgan fingerprint density at radius 2 is 1.33 bits per heavy atom. The molecule has 0 unspecified atom stereocenters. The molecule has 84 valence electrons. The summed E-state index contributed by atoms with van der Waals surface area (Å²) >= 11 is 0. The summed E-state index contributed by atoms with van der Waals surface area (Å²) in [6, 6.07) is 3.82. The van der Waals surface area contributed by atoms with Crippen molar-refractivity contribution >= 4 is 0 Å². The summed E-state index contributed by atoms with van der Waals surface area (Å²) < 4.78 is 0. The Balaban J connectivity index is 1.94. The van der Waals surface area contributed by atoms with Gasteiger partial charge in [0.2, 0.25) is 0 Å². The first kappa shape index (κ1) is 11.0. The van der Waals surface area contributed by atoms with E-state index < -0.39 is 0 Å². The van der Waals surface area contributed by atoms with E-state index in [0.717, 1.165) is 12.1 Å². The van der Waals surface area contributed by atoms with Gasteiger partial charge in [-0.25, -0.2) is 0 Å². The minimum Gasteiger partial charge on any atom is -0.285 e. The first-order valence-electron chi connectivity index (χ1n) is 6.54. The summed E-state index contributed by atoms with van der Waals surface area (Å²) in [7, 11) is 0. The zero-order valence-corrected chi connectivity index (χ0v) is 9.62. The van der Waals surface area contributed by atoms with Crippen LogP contribution in [0, 0.1) is 11.3 Å². The van der Waals surface area contributed by atoms with Gasteiger partial charge in [-0.15, -0.1) is 0 Å². The molecule has 2 rings (SSSR count). The summed E-state index contributed by atoms with van der Waals surface area (Å²) in [5, 5.41) is 8.94. The van der Waals surface area contributed by atoms with E-state index in [2.05, 4.69) is 11.0 Å². The Hall–Kier alpha value is -0.550. The first-order chi connectivity index (χ1) is 7.42. The third kappa shape index (κ3) is 2.72. The van der Waals surface area contributed by atoms with Crippen LogP contribution < -0.4 is 0 Å². The summed E-state index contributed by atoms with van der Waals surface area (Å²) in [6.45, 7) is 0.662. The molecule has 15 heavy (non-hydrogen) atoms. The van der Waals surface area contributed by atoms with E-state index in [0.29, 0.717) is 6.54 Å². The molecule has 0 spiro atoms. The minimum absolute atomic E-state index is 0.662. The standard InChI is InChI=1S/C13H22N2/c14-10-11-15(13-8-4-5-9-13)12-6-2-1-3-7-12/h12-13H,1-9,11H2. The van der Waals surface area contributed by atoms with Crippen LogP contribution in [-0.4, -0.2) is 23.5 Å². The van der Waals surface area contributed by atoms with Crippen molar-refractivity contribution in [2.75, 3.05) is 6.54 Å². The fourth-order valence-corrected chi connectivity index (χ4v) is 3.29. The van der Waals surface area contributed by atoms with Gasteiger partial charge >= 0.3 is 0 Å². The maximum atomic E-state index is 8.94. The van der Waals surface area contributed by atoms with Crippen LogP contribution in [0.4, 0.5) is 0 Å². The Morgan fingerprint density at radius 1 is 0.867 bits per heavy atom. The molecule has 2 aliphatic rings. The fourth-order valence-electron chi connectivity index (χ4n) is 3.29. The van der Waals surface area contributed by atoms with Crippen LogP contribution in [0.5, 0.6) is 0 Å². The van der Waals surface area contributed by atoms with Gasteiger partial charge < -0.3 is 0 Å². The molecular formula is C13H22N2. The SMILES string of the molecule is N#CCN(C1CCCCC1)C1CCCC1. The van der Waals surface area contributed by atoms with Crippen LogP contribution in [0.3, 0.4) is 0 Å². The molecule has 0 amide bonds. The van der Waals surface area contributed by atoms with Gasteiger partial charge in [-0.05, 0) is 25.7 Å². The summed E-state index contributed by atoms with van der Waals surface area (Å²) in [6.07, 6.45) is 12.2. The highest BCUT2D eigenvalue weighted by molar-refractivity contribution is 4.89. The van der Waals surface area contributed by atoms with Crippen molar-refractivity contribution in [3.05, 3.63) is 0 Å². The molecule has 2 saturated carbocycles. The van der Waals surface area contributed by atoms with Crippen LogP contribution in [0.25, 0.3) is 0 Å². The van der Waals surface area contributed by atoms with Crippen molar-refractivity contribution in [2.24, 2.45) is 0 Å². The highest BCUT2D eigenvalue weighted by atomic mass is 15.2. The number of hydrogen-bond donors (Lipinski definition) is 0. The Labute approximate surface area is 93.3 Å². The summed E-state index contributed by atoms with van der Waals surface area (Å²) in [5.74, 6) is 0. The second-order valence-electron chi connectivity index (χ2n) is 5.06. The van der Waals surface area contributed by atoms with Crippen molar-refractivity contribution in [1.29, 1.82) is 5.26 Å². The maximum absolute atomic E-state index is 8.94. The molecule has 2 nitrogen and oxygen atoms in total. The second kappa shape index (κ2) is 5.51. The van der Waals surface area contributed by atoms with E-state index in [1.54, 1.807) is 0 Å². The van der Waals surface area contributed by atoms with E-state index in [9.17, 15) is 0 Å². The molecule has 0 aromatic rings. The van der Waals surface area contributed by atoms with Crippen LogP contribution in [0.15, 0.2) is 0 Å². The minimum atomic E-state index is 0.662. The van der Waals surface area contributed by atoms with E-state index in [4.69, 9.17) is 5.26 Å². The number of nitrogens with zero attached hydrogens (tertiary/aromatic N) is 2. The molecule has 2 fully saturated rings. The van der Waals surface area contributed by atoms with Gasteiger partial charge in [-0.3, -0.25) is 4.90 Å². The number of hydrogen-bond acceptors (Lipinski definition) is 2. The van der Waals surface area contributed by atoms with Crippen molar-refractivity contribution in [3.8, 4) is 6.07 Å². The molecule has 0 aromatic carbocycles. The third-order valence-corrected chi connectivity index (χ3v) is 4.09. The van der Waals surface area contributed by atoms with Crippen molar-refractivity contribution < 1.29 is 0 Å². The average molecular weight is 206 g/mol. The molecule has 0 bridgehead atoms. The Kier molecular flexibility index (Phi) is 4.02.